The standard InChI is InChI=1S/C18H26N4O/c1-13(22-10-9-15(19)18(2,3)12-22)17-20-16(21-23-17)11-14-7-5-4-6-8-14/h4-8,13,15H,9-12,19H2,1-3H3. The van der Waals surface area contributed by atoms with E-state index in [2.05, 4.69) is 47.9 Å². The van der Waals surface area contributed by atoms with E-state index in [4.69, 9.17) is 10.3 Å². The highest BCUT2D eigenvalue weighted by molar-refractivity contribution is 5.18. The number of hydrogen-bond donors (Lipinski definition) is 1. The number of piperidine rings is 1. The Kier molecular flexibility index (Phi) is 4.50. The van der Waals surface area contributed by atoms with Crippen LogP contribution in [0.2, 0.25) is 0 Å². The molecular weight excluding hydrogens is 288 g/mol. The van der Waals surface area contributed by atoms with Crippen molar-refractivity contribution in [1.82, 2.24) is 15.0 Å². The zero-order valence-corrected chi connectivity index (χ0v) is 14.2. The Morgan fingerprint density at radius 3 is 2.78 bits per heavy atom. The van der Waals surface area contributed by atoms with Crippen LogP contribution in [-0.2, 0) is 6.42 Å². The highest BCUT2D eigenvalue weighted by atomic mass is 16.5. The van der Waals surface area contributed by atoms with Crippen LogP contribution >= 0.6 is 0 Å². The molecule has 0 bridgehead atoms. The topological polar surface area (TPSA) is 68.2 Å². The van der Waals surface area contributed by atoms with Gasteiger partial charge in [-0.2, -0.15) is 4.98 Å². The van der Waals surface area contributed by atoms with Crippen molar-refractivity contribution in [2.75, 3.05) is 13.1 Å². The maximum Gasteiger partial charge on any atom is 0.243 e. The van der Waals surface area contributed by atoms with Gasteiger partial charge in [0.05, 0.1) is 6.04 Å². The summed E-state index contributed by atoms with van der Waals surface area (Å²) in [5.74, 6) is 1.44. The lowest BCUT2D eigenvalue weighted by molar-refractivity contribution is 0.0549. The van der Waals surface area contributed by atoms with E-state index in [0.29, 0.717) is 12.3 Å². The van der Waals surface area contributed by atoms with Gasteiger partial charge in [-0.05, 0) is 24.3 Å². The Labute approximate surface area is 137 Å². The highest BCUT2D eigenvalue weighted by Gasteiger charge is 2.36. The third-order valence-electron chi connectivity index (χ3n) is 4.94. The fraction of sp³-hybridized carbons (Fsp3) is 0.556. The minimum Gasteiger partial charge on any atom is -0.338 e. The zero-order chi connectivity index (χ0) is 16.4. The monoisotopic (exact) mass is 314 g/mol. The molecule has 0 aliphatic carbocycles. The van der Waals surface area contributed by atoms with Crippen LogP contribution in [0, 0.1) is 5.41 Å². The molecule has 2 N–H and O–H groups in total. The molecule has 124 valence electrons. The van der Waals surface area contributed by atoms with Crippen LogP contribution in [0.3, 0.4) is 0 Å². The zero-order valence-electron chi connectivity index (χ0n) is 14.2. The Balaban J connectivity index is 1.68. The molecule has 0 saturated carbocycles. The summed E-state index contributed by atoms with van der Waals surface area (Å²) in [6.07, 6.45) is 1.70. The van der Waals surface area contributed by atoms with Gasteiger partial charge in [0, 0.05) is 25.6 Å². The molecule has 2 heterocycles. The van der Waals surface area contributed by atoms with Crippen molar-refractivity contribution in [2.45, 2.75) is 45.7 Å². The van der Waals surface area contributed by atoms with Crippen LogP contribution < -0.4 is 5.73 Å². The maximum absolute atomic E-state index is 6.23. The molecule has 1 aromatic carbocycles. The molecule has 1 aliphatic rings. The highest BCUT2D eigenvalue weighted by Crippen LogP contribution is 2.32. The van der Waals surface area contributed by atoms with E-state index in [1.165, 1.54) is 5.56 Å². The van der Waals surface area contributed by atoms with Gasteiger partial charge >= 0.3 is 0 Å². The average Bonchev–Trinajstić information content (AvgIpc) is 2.98. The predicted octanol–water partition coefficient (Wildman–Crippen LogP) is 2.78. The van der Waals surface area contributed by atoms with Crippen molar-refractivity contribution in [3.63, 3.8) is 0 Å². The fourth-order valence-electron chi connectivity index (χ4n) is 3.19. The first-order chi connectivity index (χ1) is 11.0. The number of benzene rings is 1. The fourth-order valence-corrected chi connectivity index (χ4v) is 3.19. The number of aromatic nitrogens is 2. The molecule has 1 aromatic heterocycles. The van der Waals surface area contributed by atoms with E-state index in [1.807, 2.05) is 18.2 Å². The SMILES string of the molecule is CC(c1nc(Cc2ccccc2)no1)N1CCC(N)C(C)(C)C1. The number of hydrogen-bond acceptors (Lipinski definition) is 5. The molecule has 2 aromatic rings. The van der Waals surface area contributed by atoms with Crippen molar-refractivity contribution < 1.29 is 4.52 Å². The minimum atomic E-state index is 0.111. The largest absolute Gasteiger partial charge is 0.338 e. The molecule has 1 fully saturated rings. The van der Waals surface area contributed by atoms with Gasteiger partial charge in [-0.3, -0.25) is 4.90 Å². The summed E-state index contributed by atoms with van der Waals surface area (Å²) >= 11 is 0. The van der Waals surface area contributed by atoms with E-state index >= 15 is 0 Å². The second kappa shape index (κ2) is 6.42. The van der Waals surface area contributed by atoms with Gasteiger partial charge in [0.2, 0.25) is 5.89 Å². The molecule has 0 radical (unpaired) electrons. The quantitative estimate of drug-likeness (QED) is 0.940. The van der Waals surface area contributed by atoms with Gasteiger partial charge in [-0.1, -0.05) is 49.3 Å². The molecule has 0 amide bonds. The predicted molar refractivity (Wildman–Crippen MR) is 89.9 cm³/mol. The van der Waals surface area contributed by atoms with Crippen LogP contribution in [-0.4, -0.2) is 34.2 Å². The molecule has 1 aliphatic heterocycles. The van der Waals surface area contributed by atoms with Crippen LogP contribution in [0.25, 0.3) is 0 Å². The lowest BCUT2D eigenvalue weighted by atomic mass is 9.79. The summed E-state index contributed by atoms with van der Waals surface area (Å²) in [5, 5.41) is 4.14. The summed E-state index contributed by atoms with van der Waals surface area (Å²) in [4.78, 5) is 6.99. The third kappa shape index (κ3) is 3.62. The van der Waals surface area contributed by atoms with Crippen molar-refractivity contribution >= 4 is 0 Å². The van der Waals surface area contributed by atoms with E-state index in [0.717, 1.165) is 25.3 Å². The van der Waals surface area contributed by atoms with Gasteiger partial charge < -0.3 is 10.3 Å². The normalized spacial score (nSPS) is 22.9. The second-order valence-electron chi connectivity index (χ2n) is 7.24. The molecule has 23 heavy (non-hydrogen) atoms. The van der Waals surface area contributed by atoms with Crippen molar-refractivity contribution in [3.8, 4) is 0 Å². The van der Waals surface area contributed by atoms with E-state index < -0.39 is 0 Å². The molecular formula is C18H26N4O. The van der Waals surface area contributed by atoms with Gasteiger partial charge in [-0.15, -0.1) is 0 Å². The van der Waals surface area contributed by atoms with E-state index in [-0.39, 0.29) is 17.5 Å². The third-order valence-corrected chi connectivity index (χ3v) is 4.94. The molecule has 3 rings (SSSR count). The van der Waals surface area contributed by atoms with Crippen LogP contribution in [0.4, 0.5) is 0 Å². The Hall–Kier alpha value is -1.72. The number of likely N-dealkylation sites (tertiary alicyclic amines) is 1. The molecule has 0 spiro atoms. The lowest BCUT2D eigenvalue weighted by Gasteiger charge is -2.44. The average molecular weight is 314 g/mol. The van der Waals surface area contributed by atoms with Gasteiger partial charge in [0.15, 0.2) is 5.82 Å². The molecule has 5 nitrogen and oxygen atoms in total. The summed E-state index contributed by atoms with van der Waals surface area (Å²) in [7, 11) is 0. The number of nitrogens with zero attached hydrogens (tertiary/aromatic N) is 3. The smallest absolute Gasteiger partial charge is 0.243 e. The molecule has 2 atom stereocenters. The summed E-state index contributed by atoms with van der Waals surface area (Å²) < 4.78 is 5.51. The number of nitrogens with two attached hydrogens (primary N) is 1. The molecule has 1 saturated heterocycles. The van der Waals surface area contributed by atoms with Gasteiger partial charge in [0.1, 0.15) is 0 Å². The minimum absolute atomic E-state index is 0.111. The van der Waals surface area contributed by atoms with Crippen LogP contribution in [0.1, 0.15) is 50.5 Å². The van der Waals surface area contributed by atoms with E-state index in [9.17, 15) is 0 Å². The van der Waals surface area contributed by atoms with Crippen LogP contribution in [0.5, 0.6) is 0 Å². The van der Waals surface area contributed by atoms with Crippen molar-refractivity contribution in [3.05, 3.63) is 47.6 Å². The Bertz CT molecular complexity index is 637. The first-order valence-corrected chi connectivity index (χ1v) is 8.32. The van der Waals surface area contributed by atoms with E-state index in [1.54, 1.807) is 0 Å². The van der Waals surface area contributed by atoms with Gasteiger partial charge in [0.25, 0.3) is 0 Å². The molecule has 2 unspecified atom stereocenters. The van der Waals surface area contributed by atoms with Crippen molar-refractivity contribution in [1.29, 1.82) is 0 Å². The first-order valence-electron chi connectivity index (χ1n) is 8.32. The summed E-state index contributed by atoms with van der Waals surface area (Å²) in [5.41, 5.74) is 7.53. The second-order valence-corrected chi connectivity index (χ2v) is 7.24. The Morgan fingerprint density at radius 1 is 1.35 bits per heavy atom. The maximum atomic E-state index is 6.23. The van der Waals surface area contributed by atoms with Gasteiger partial charge in [-0.25, -0.2) is 0 Å². The first kappa shape index (κ1) is 16.1. The number of rotatable bonds is 4. The summed E-state index contributed by atoms with van der Waals surface area (Å²) in [6, 6.07) is 10.6. The molecule has 5 heteroatoms. The lowest BCUT2D eigenvalue weighted by Crippen LogP contribution is -2.52. The Morgan fingerprint density at radius 2 is 2.09 bits per heavy atom. The van der Waals surface area contributed by atoms with Crippen LogP contribution in [0.15, 0.2) is 34.9 Å². The van der Waals surface area contributed by atoms with Crippen molar-refractivity contribution in [2.24, 2.45) is 11.1 Å². The summed E-state index contributed by atoms with van der Waals surface area (Å²) in [6.45, 7) is 8.51.